The second-order valence-corrected chi connectivity index (χ2v) is 10.9. The zero-order valence-corrected chi connectivity index (χ0v) is 24.3. The number of amides is 1. The van der Waals surface area contributed by atoms with E-state index in [1.165, 1.54) is 19.3 Å². The summed E-state index contributed by atoms with van der Waals surface area (Å²) in [5, 5.41) is 9.82. The van der Waals surface area contributed by atoms with Gasteiger partial charge in [0.1, 0.15) is 24.0 Å². The van der Waals surface area contributed by atoms with Crippen LogP contribution in [0.1, 0.15) is 55.3 Å². The number of nitrogens with one attached hydrogen (secondary N) is 3. The maximum atomic E-state index is 13.6. The van der Waals surface area contributed by atoms with Gasteiger partial charge in [-0.1, -0.05) is 80.6 Å². The van der Waals surface area contributed by atoms with Gasteiger partial charge >= 0.3 is 0 Å². The van der Waals surface area contributed by atoms with E-state index in [0.717, 1.165) is 29.7 Å². The number of carbonyl (C=O) groups is 1. The molecular weight excluding hydrogens is 538 g/mol. The summed E-state index contributed by atoms with van der Waals surface area (Å²) in [6, 6.07) is 16.0. The standard InChI is InChI=1S/C33H35N9O/c1-23-21-42(22-38-23)31-18-30(40-33(41-31)37-20-26-10-7-11-28(16-26)35-3)39-29(17-24-8-5-4-6-9-24)32(43)36-19-25-12-14-27(34-2)15-13-25/h7,10-16,18,21-22,24,29H,4-6,8-9,17,19-20H2,1H3,(H,36,43)(H2,37,39,40,41)/t29-/m1/s1. The Morgan fingerprint density at radius 1 is 0.977 bits per heavy atom. The number of hydrogen-bond donors (Lipinski definition) is 3. The summed E-state index contributed by atoms with van der Waals surface area (Å²) in [6.45, 7) is 17.2. The third-order valence-corrected chi connectivity index (χ3v) is 7.64. The van der Waals surface area contributed by atoms with Gasteiger partial charge in [-0.2, -0.15) is 9.97 Å². The molecule has 0 bridgehead atoms. The van der Waals surface area contributed by atoms with E-state index < -0.39 is 6.04 Å². The molecule has 4 aromatic rings. The predicted octanol–water partition coefficient (Wildman–Crippen LogP) is 6.75. The Morgan fingerprint density at radius 3 is 2.49 bits per heavy atom. The number of carbonyl (C=O) groups excluding carboxylic acids is 1. The average molecular weight is 574 g/mol. The molecule has 0 aliphatic heterocycles. The fraction of sp³-hybridized carbons (Fsp3) is 0.333. The zero-order valence-electron chi connectivity index (χ0n) is 24.3. The van der Waals surface area contributed by atoms with E-state index >= 15 is 0 Å². The molecule has 0 saturated heterocycles. The normalized spacial score (nSPS) is 13.8. The smallest absolute Gasteiger partial charge is 0.242 e. The van der Waals surface area contributed by atoms with Crippen LogP contribution in [0, 0.1) is 26.0 Å². The summed E-state index contributed by atoms with van der Waals surface area (Å²) < 4.78 is 1.83. The average Bonchev–Trinajstić information content (AvgIpc) is 3.49. The van der Waals surface area contributed by atoms with Crippen molar-refractivity contribution in [2.24, 2.45) is 5.92 Å². The minimum atomic E-state index is -0.485. The molecule has 43 heavy (non-hydrogen) atoms. The van der Waals surface area contributed by atoms with Crippen molar-refractivity contribution >= 4 is 29.0 Å². The van der Waals surface area contributed by atoms with Gasteiger partial charge in [0, 0.05) is 25.4 Å². The SMILES string of the molecule is [C-]#[N+]c1ccc(CNC(=O)[C@@H](CC2CCCCC2)Nc2cc(-n3cnc(C)c3)nc(NCc3cccc([N+]#[C-])c3)n2)cc1. The van der Waals surface area contributed by atoms with Crippen molar-refractivity contribution < 1.29 is 4.79 Å². The first-order valence-electron chi connectivity index (χ1n) is 14.6. The summed E-state index contributed by atoms with van der Waals surface area (Å²) in [7, 11) is 0. The summed E-state index contributed by atoms with van der Waals surface area (Å²) in [4.78, 5) is 34.4. The minimum Gasteiger partial charge on any atom is -0.358 e. The molecule has 1 aliphatic rings. The van der Waals surface area contributed by atoms with E-state index in [1.807, 2.05) is 54.1 Å². The molecule has 1 fully saturated rings. The molecule has 1 aliphatic carbocycles. The van der Waals surface area contributed by atoms with Gasteiger partial charge in [0.15, 0.2) is 11.4 Å². The Labute approximate surface area is 252 Å². The molecule has 1 atom stereocenters. The molecule has 2 aromatic carbocycles. The van der Waals surface area contributed by atoms with Crippen LogP contribution in [0.25, 0.3) is 15.5 Å². The molecule has 1 saturated carbocycles. The van der Waals surface area contributed by atoms with Crippen molar-refractivity contribution in [3.05, 3.63) is 107 Å². The number of aryl methyl sites for hydroxylation is 1. The number of rotatable bonds is 11. The van der Waals surface area contributed by atoms with Gasteiger partial charge in [-0.3, -0.25) is 9.36 Å². The lowest BCUT2D eigenvalue weighted by atomic mass is 9.84. The maximum Gasteiger partial charge on any atom is 0.242 e. The third kappa shape index (κ3) is 8.17. The Morgan fingerprint density at radius 2 is 1.77 bits per heavy atom. The molecule has 0 unspecified atom stereocenters. The highest BCUT2D eigenvalue weighted by Crippen LogP contribution is 2.29. The van der Waals surface area contributed by atoms with Gasteiger partial charge in [0.05, 0.1) is 18.8 Å². The second kappa shape index (κ2) is 14.1. The van der Waals surface area contributed by atoms with Crippen LogP contribution in [0.15, 0.2) is 67.1 Å². The number of imidazole rings is 1. The monoisotopic (exact) mass is 573 g/mol. The van der Waals surface area contributed by atoms with E-state index in [9.17, 15) is 4.79 Å². The Hall–Kier alpha value is -5.22. The molecule has 10 nitrogen and oxygen atoms in total. The van der Waals surface area contributed by atoms with E-state index in [1.54, 1.807) is 24.5 Å². The fourth-order valence-electron chi connectivity index (χ4n) is 5.35. The van der Waals surface area contributed by atoms with Crippen molar-refractivity contribution in [2.45, 2.75) is 64.6 Å². The van der Waals surface area contributed by atoms with Gasteiger partial charge < -0.3 is 16.0 Å². The van der Waals surface area contributed by atoms with Crippen LogP contribution in [0.5, 0.6) is 0 Å². The van der Waals surface area contributed by atoms with Crippen molar-refractivity contribution in [3.8, 4) is 5.82 Å². The molecule has 10 heteroatoms. The van der Waals surface area contributed by atoms with Crippen molar-refractivity contribution in [1.29, 1.82) is 0 Å². The van der Waals surface area contributed by atoms with Gasteiger partial charge in [0.25, 0.3) is 0 Å². The minimum absolute atomic E-state index is 0.0936. The van der Waals surface area contributed by atoms with Crippen molar-refractivity contribution in [2.75, 3.05) is 10.6 Å². The second-order valence-electron chi connectivity index (χ2n) is 10.9. The van der Waals surface area contributed by atoms with Gasteiger partial charge in [-0.05, 0) is 30.4 Å². The summed E-state index contributed by atoms with van der Waals surface area (Å²) in [5.74, 6) is 1.92. The fourth-order valence-corrected chi connectivity index (χ4v) is 5.35. The topological polar surface area (TPSA) is 105 Å². The van der Waals surface area contributed by atoms with Crippen LogP contribution >= 0.6 is 0 Å². The molecule has 3 N–H and O–H groups in total. The predicted molar refractivity (Wildman–Crippen MR) is 167 cm³/mol. The Bertz CT molecular complexity index is 1630. The number of nitrogens with zero attached hydrogens (tertiary/aromatic N) is 6. The highest BCUT2D eigenvalue weighted by molar-refractivity contribution is 5.84. The molecule has 0 radical (unpaired) electrons. The molecule has 1 amide bonds. The number of benzene rings is 2. The lowest BCUT2D eigenvalue weighted by molar-refractivity contribution is -0.122. The van der Waals surface area contributed by atoms with E-state index in [-0.39, 0.29) is 5.91 Å². The van der Waals surface area contributed by atoms with E-state index in [4.69, 9.17) is 23.1 Å². The summed E-state index contributed by atoms with van der Waals surface area (Å²) >= 11 is 0. The van der Waals surface area contributed by atoms with Gasteiger partial charge in [-0.15, -0.1) is 0 Å². The third-order valence-electron chi connectivity index (χ3n) is 7.64. The van der Waals surface area contributed by atoms with Crippen LogP contribution in [-0.4, -0.2) is 31.5 Å². The van der Waals surface area contributed by atoms with Crippen LogP contribution < -0.4 is 16.0 Å². The number of aromatic nitrogens is 4. The van der Waals surface area contributed by atoms with Crippen LogP contribution in [0.3, 0.4) is 0 Å². The molecule has 2 aromatic heterocycles. The summed E-state index contributed by atoms with van der Waals surface area (Å²) in [6.07, 6.45) is 10.1. The molecular formula is C33H35N9O. The van der Waals surface area contributed by atoms with Crippen molar-refractivity contribution in [3.63, 3.8) is 0 Å². The van der Waals surface area contributed by atoms with Crippen LogP contribution in [-0.2, 0) is 17.9 Å². The first-order chi connectivity index (χ1) is 21.0. The van der Waals surface area contributed by atoms with Crippen molar-refractivity contribution in [1.82, 2.24) is 24.8 Å². The molecule has 2 heterocycles. The van der Waals surface area contributed by atoms with Gasteiger partial charge in [-0.25, -0.2) is 14.7 Å². The van der Waals surface area contributed by atoms with Gasteiger partial charge in [0.2, 0.25) is 11.9 Å². The Kier molecular flexibility index (Phi) is 9.60. The lowest BCUT2D eigenvalue weighted by Gasteiger charge is -2.27. The highest BCUT2D eigenvalue weighted by Gasteiger charge is 2.25. The number of anilines is 2. The van der Waals surface area contributed by atoms with Crippen LogP contribution in [0.4, 0.5) is 23.1 Å². The molecule has 218 valence electrons. The van der Waals surface area contributed by atoms with E-state index in [0.29, 0.717) is 54.4 Å². The first kappa shape index (κ1) is 29.3. The maximum absolute atomic E-state index is 13.6. The largest absolute Gasteiger partial charge is 0.358 e. The first-order valence-corrected chi connectivity index (χ1v) is 14.6. The quantitative estimate of drug-likeness (QED) is 0.171. The van der Waals surface area contributed by atoms with E-state index in [2.05, 4.69) is 30.6 Å². The number of hydrogen-bond acceptors (Lipinski definition) is 6. The highest BCUT2D eigenvalue weighted by atomic mass is 16.2. The summed E-state index contributed by atoms with van der Waals surface area (Å²) in [5.41, 5.74) is 3.88. The molecule has 0 spiro atoms. The van der Waals surface area contributed by atoms with Crippen LogP contribution in [0.2, 0.25) is 0 Å². The molecule has 5 rings (SSSR count). The zero-order chi connectivity index (χ0) is 30.0. The lowest BCUT2D eigenvalue weighted by Crippen LogP contribution is -2.41. The Balaban J connectivity index is 1.38.